The molecule has 1 aromatic heterocycles. The Morgan fingerprint density at radius 1 is 0.280 bits per heavy atom. The molecule has 9 rings (SSSR count). The van der Waals surface area contributed by atoms with E-state index in [0.29, 0.717) is 0 Å². The summed E-state index contributed by atoms with van der Waals surface area (Å²) in [4.78, 5) is 2.37. The minimum atomic E-state index is 1.10. The van der Waals surface area contributed by atoms with Gasteiger partial charge in [0.2, 0.25) is 0 Å². The summed E-state index contributed by atoms with van der Waals surface area (Å²) in [7, 11) is 0. The SMILES string of the molecule is c1ccc(-c2cccc(-c3cccc(N(c4ccccc4)c4ccc5c6ccc(-c7ccccc7)cc6n(-c6ccccc6)c5c4)c3)c2)cc1. The molecule has 9 aromatic rings. The molecule has 0 saturated carbocycles. The van der Waals surface area contributed by atoms with Crippen LogP contribution in [0.25, 0.3) is 60.9 Å². The van der Waals surface area contributed by atoms with Crippen LogP contribution >= 0.6 is 0 Å². The van der Waals surface area contributed by atoms with Crippen LogP contribution in [0.5, 0.6) is 0 Å². The Hall–Kier alpha value is -6.64. The third kappa shape index (κ3) is 5.43. The Kier molecular flexibility index (Phi) is 7.53. The van der Waals surface area contributed by atoms with Gasteiger partial charge in [0, 0.05) is 33.5 Å². The largest absolute Gasteiger partial charge is 0.310 e. The minimum Gasteiger partial charge on any atom is -0.310 e. The van der Waals surface area contributed by atoms with E-state index in [4.69, 9.17) is 0 Å². The highest BCUT2D eigenvalue weighted by atomic mass is 15.1. The molecule has 0 N–H and O–H groups in total. The summed E-state index contributed by atoms with van der Waals surface area (Å²) in [5.74, 6) is 0. The molecule has 0 aliphatic heterocycles. The first kappa shape index (κ1) is 29.5. The maximum atomic E-state index is 2.41. The Morgan fingerprint density at radius 2 is 0.720 bits per heavy atom. The van der Waals surface area contributed by atoms with E-state index >= 15 is 0 Å². The highest BCUT2D eigenvalue weighted by Gasteiger charge is 2.18. The fourth-order valence-electron chi connectivity index (χ4n) is 7.17. The fourth-order valence-corrected chi connectivity index (χ4v) is 7.17. The molecule has 2 heteroatoms. The number of hydrogen-bond donors (Lipinski definition) is 0. The van der Waals surface area contributed by atoms with Gasteiger partial charge in [-0.3, -0.25) is 0 Å². The van der Waals surface area contributed by atoms with Crippen molar-refractivity contribution < 1.29 is 0 Å². The number of aromatic nitrogens is 1. The Bertz CT molecular complexity index is 2570. The predicted octanol–water partition coefficient (Wildman–Crippen LogP) is 13.3. The van der Waals surface area contributed by atoms with Gasteiger partial charge in [0.15, 0.2) is 0 Å². The highest BCUT2D eigenvalue weighted by Crippen LogP contribution is 2.41. The molecule has 0 fully saturated rings. The lowest BCUT2D eigenvalue weighted by Crippen LogP contribution is -2.10. The molecule has 0 spiro atoms. The van der Waals surface area contributed by atoms with Crippen LogP contribution in [0.4, 0.5) is 17.1 Å². The van der Waals surface area contributed by atoms with Gasteiger partial charge in [-0.2, -0.15) is 0 Å². The molecule has 8 aromatic carbocycles. The van der Waals surface area contributed by atoms with E-state index in [1.165, 1.54) is 55.2 Å². The van der Waals surface area contributed by atoms with Crippen LogP contribution in [0.3, 0.4) is 0 Å². The van der Waals surface area contributed by atoms with E-state index < -0.39 is 0 Å². The maximum absolute atomic E-state index is 2.41. The quantitative estimate of drug-likeness (QED) is 0.169. The molecule has 0 unspecified atom stereocenters. The Morgan fingerprint density at radius 3 is 1.38 bits per heavy atom. The smallest absolute Gasteiger partial charge is 0.0561 e. The number of hydrogen-bond acceptors (Lipinski definition) is 1. The molecular formula is C48H34N2. The van der Waals surface area contributed by atoms with Gasteiger partial charge in [-0.15, -0.1) is 0 Å². The van der Waals surface area contributed by atoms with Crippen LogP contribution in [-0.2, 0) is 0 Å². The average molecular weight is 639 g/mol. The number of nitrogens with zero attached hydrogens (tertiary/aromatic N) is 2. The summed E-state index contributed by atoms with van der Waals surface area (Å²) in [5.41, 5.74) is 14.0. The van der Waals surface area contributed by atoms with Gasteiger partial charge in [-0.1, -0.05) is 146 Å². The van der Waals surface area contributed by atoms with Crippen molar-refractivity contribution in [3.05, 3.63) is 206 Å². The van der Waals surface area contributed by atoms with Crippen molar-refractivity contribution in [3.63, 3.8) is 0 Å². The maximum Gasteiger partial charge on any atom is 0.0561 e. The van der Waals surface area contributed by atoms with E-state index in [1.807, 2.05) is 0 Å². The van der Waals surface area contributed by atoms with Gasteiger partial charge < -0.3 is 9.47 Å². The normalized spacial score (nSPS) is 11.2. The summed E-state index contributed by atoms with van der Waals surface area (Å²) in [6.07, 6.45) is 0. The average Bonchev–Trinajstić information content (AvgIpc) is 3.52. The molecular weight excluding hydrogens is 605 g/mol. The van der Waals surface area contributed by atoms with Gasteiger partial charge >= 0.3 is 0 Å². The lowest BCUT2D eigenvalue weighted by atomic mass is 9.98. The summed E-state index contributed by atoms with van der Waals surface area (Å²) in [6.45, 7) is 0. The predicted molar refractivity (Wildman–Crippen MR) is 212 cm³/mol. The molecule has 0 atom stereocenters. The molecule has 50 heavy (non-hydrogen) atoms. The third-order valence-electron chi connectivity index (χ3n) is 9.55. The van der Waals surface area contributed by atoms with E-state index in [9.17, 15) is 0 Å². The molecule has 0 bridgehead atoms. The summed E-state index contributed by atoms with van der Waals surface area (Å²) in [6, 6.07) is 74.1. The summed E-state index contributed by atoms with van der Waals surface area (Å²) in [5, 5.41) is 2.47. The number of rotatable bonds is 7. The van der Waals surface area contributed by atoms with Crippen molar-refractivity contribution in [3.8, 4) is 39.1 Å². The molecule has 0 aliphatic rings. The zero-order valence-corrected chi connectivity index (χ0v) is 27.5. The molecule has 2 nitrogen and oxygen atoms in total. The van der Waals surface area contributed by atoms with Gasteiger partial charge in [-0.05, 0) is 94.0 Å². The molecule has 0 radical (unpaired) electrons. The molecule has 1 heterocycles. The van der Waals surface area contributed by atoms with Crippen molar-refractivity contribution in [1.82, 2.24) is 4.57 Å². The second kappa shape index (κ2) is 12.8. The first-order chi connectivity index (χ1) is 24.8. The number of anilines is 3. The molecule has 0 aliphatic carbocycles. The molecule has 236 valence electrons. The lowest BCUT2D eigenvalue weighted by Gasteiger charge is -2.26. The van der Waals surface area contributed by atoms with Crippen LogP contribution in [0.2, 0.25) is 0 Å². The van der Waals surface area contributed by atoms with Crippen molar-refractivity contribution in [2.45, 2.75) is 0 Å². The van der Waals surface area contributed by atoms with Crippen LogP contribution in [0.1, 0.15) is 0 Å². The topological polar surface area (TPSA) is 8.17 Å². The number of fused-ring (bicyclic) bond motifs is 3. The third-order valence-corrected chi connectivity index (χ3v) is 9.55. The lowest BCUT2D eigenvalue weighted by molar-refractivity contribution is 1.18. The summed E-state index contributed by atoms with van der Waals surface area (Å²) < 4.78 is 2.41. The van der Waals surface area contributed by atoms with Gasteiger partial charge in [0.05, 0.1) is 11.0 Å². The zero-order valence-electron chi connectivity index (χ0n) is 27.5. The first-order valence-electron chi connectivity index (χ1n) is 17.1. The fraction of sp³-hybridized carbons (Fsp3) is 0. The van der Waals surface area contributed by atoms with Crippen LogP contribution in [0.15, 0.2) is 206 Å². The highest BCUT2D eigenvalue weighted by molar-refractivity contribution is 6.11. The summed E-state index contributed by atoms with van der Waals surface area (Å²) >= 11 is 0. The van der Waals surface area contributed by atoms with E-state index in [-0.39, 0.29) is 0 Å². The van der Waals surface area contributed by atoms with E-state index in [0.717, 1.165) is 22.7 Å². The number of para-hydroxylation sites is 2. The first-order valence-corrected chi connectivity index (χ1v) is 17.1. The standard InChI is InChI=1S/C48H34N2/c1-5-15-35(16-6-1)37-19-13-20-38(31-37)39-21-14-26-43(32-39)49(41-22-9-3-10-23-41)44-28-30-46-45-29-27-40(36-17-7-2-8-18-36)33-47(45)50(48(46)34-44)42-24-11-4-12-25-42/h1-34H. The van der Waals surface area contributed by atoms with Gasteiger partial charge in [0.25, 0.3) is 0 Å². The second-order valence-electron chi connectivity index (χ2n) is 12.6. The van der Waals surface area contributed by atoms with Crippen LogP contribution < -0.4 is 4.90 Å². The van der Waals surface area contributed by atoms with E-state index in [1.54, 1.807) is 0 Å². The monoisotopic (exact) mass is 638 g/mol. The number of benzene rings is 8. The van der Waals surface area contributed by atoms with E-state index in [2.05, 4.69) is 216 Å². The Balaban J connectivity index is 1.22. The van der Waals surface area contributed by atoms with Crippen molar-refractivity contribution in [2.24, 2.45) is 0 Å². The molecule has 0 amide bonds. The van der Waals surface area contributed by atoms with Crippen LogP contribution in [0, 0.1) is 0 Å². The molecule has 0 saturated heterocycles. The van der Waals surface area contributed by atoms with Crippen LogP contribution in [-0.4, -0.2) is 4.57 Å². The van der Waals surface area contributed by atoms with Crippen molar-refractivity contribution in [1.29, 1.82) is 0 Å². The Labute approximate surface area is 292 Å². The van der Waals surface area contributed by atoms with Crippen molar-refractivity contribution >= 4 is 38.9 Å². The van der Waals surface area contributed by atoms with Gasteiger partial charge in [0.1, 0.15) is 0 Å². The minimum absolute atomic E-state index is 1.10. The zero-order chi connectivity index (χ0) is 33.3. The van der Waals surface area contributed by atoms with Crippen molar-refractivity contribution in [2.75, 3.05) is 4.90 Å². The van der Waals surface area contributed by atoms with Gasteiger partial charge in [-0.25, -0.2) is 0 Å². The second-order valence-corrected chi connectivity index (χ2v) is 12.6.